The number of aryl methyl sites for hydroxylation is 1. The number of alkyl halides is 1. The third-order valence-corrected chi connectivity index (χ3v) is 5.22. The fraction of sp³-hybridized carbons (Fsp3) is 0.583. The maximum Gasteiger partial charge on any atom is 0.261 e. The van der Waals surface area contributed by atoms with Crippen LogP contribution < -0.4 is 5.32 Å². The standard InChI is InChI=1S/C12H17Br2NOS/c1-7(2)9(4-5-13)15-12(16)10-6-8(3)11(14)17-10/h6-7,9H,4-5H2,1-3H3,(H,15,16). The predicted octanol–water partition coefficient (Wildman–Crippen LogP) is 4.36. The maximum atomic E-state index is 12.1. The molecular weight excluding hydrogens is 366 g/mol. The van der Waals surface area contributed by atoms with Crippen molar-refractivity contribution in [2.45, 2.75) is 33.2 Å². The Bertz CT molecular complexity index is 370. The molecule has 0 aliphatic heterocycles. The van der Waals surface area contributed by atoms with Crippen molar-refractivity contribution in [1.82, 2.24) is 5.32 Å². The summed E-state index contributed by atoms with van der Waals surface area (Å²) < 4.78 is 1.03. The van der Waals surface area contributed by atoms with Crippen LogP contribution in [0.15, 0.2) is 9.85 Å². The highest BCUT2D eigenvalue weighted by molar-refractivity contribution is 9.11. The van der Waals surface area contributed by atoms with Gasteiger partial charge < -0.3 is 5.32 Å². The van der Waals surface area contributed by atoms with Gasteiger partial charge in [0.15, 0.2) is 0 Å². The van der Waals surface area contributed by atoms with Crippen LogP contribution >= 0.6 is 43.2 Å². The summed E-state index contributed by atoms with van der Waals surface area (Å²) in [5, 5.41) is 4.00. The molecule has 1 amide bonds. The molecule has 1 aromatic rings. The lowest BCUT2D eigenvalue weighted by molar-refractivity contribution is 0.0929. The summed E-state index contributed by atoms with van der Waals surface area (Å²) in [7, 11) is 0. The van der Waals surface area contributed by atoms with Crippen LogP contribution in [0.5, 0.6) is 0 Å². The molecule has 17 heavy (non-hydrogen) atoms. The third kappa shape index (κ3) is 4.38. The molecule has 0 aliphatic carbocycles. The van der Waals surface area contributed by atoms with E-state index < -0.39 is 0 Å². The van der Waals surface area contributed by atoms with Gasteiger partial charge in [-0.1, -0.05) is 29.8 Å². The molecule has 0 bridgehead atoms. The van der Waals surface area contributed by atoms with Crippen molar-refractivity contribution in [1.29, 1.82) is 0 Å². The highest BCUT2D eigenvalue weighted by Crippen LogP contribution is 2.27. The lowest BCUT2D eigenvalue weighted by Crippen LogP contribution is -2.38. The van der Waals surface area contributed by atoms with Gasteiger partial charge in [-0.05, 0) is 46.8 Å². The topological polar surface area (TPSA) is 29.1 Å². The Labute approximate surface area is 123 Å². The van der Waals surface area contributed by atoms with Gasteiger partial charge in [-0.3, -0.25) is 4.79 Å². The second-order valence-corrected chi connectivity index (χ2v) is 7.53. The Balaban J connectivity index is 2.70. The summed E-state index contributed by atoms with van der Waals surface area (Å²) in [6.45, 7) is 6.25. The number of thiophene rings is 1. The van der Waals surface area contributed by atoms with E-state index in [4.69, 9.17) is 0 Å². The van der Waals surface area contributed by atoms with E-state index in [1.165, 1.54) is 11.3 Å². The average Bonchev–Trinajstić information content (AvgIpc) is 2.58. The van der Waals surface area contributed by atoms with E-state index in [2.05, 4.69) is 51.0 Å². The normalized spacial score (nSPS) is 12.8. The molecular formula is C12H17Br2NOS. The number of hydrogen-bond donors (Lipinski definition) is 1. The molecule has 5 heteroatoms. The fourth-order valence-corrected chi connectivity index (χ4v) is 3.43. The van der Waals surface area contributed by atoms with Crippen LogP contribution in [-0.4, -0.2) is 17.3 Å². The molecule has 0 saturated carbocycles. The molecule has 1 aromatic heterocycles. The van der Waals surface area contributed by atoms with Crippen LogP contribution in [-0.2, 0) is 0 Å². The number of amides is 1. The molecule has 0 aromatic carbocycles. The van der Waals surface area contributed by atoms with Gasteiger partial charge in [-0.15, -0.1) is 11.3 Å². The summed E-state index contributed by atoms with van der Waals surface area (Å²) in [6, 6.07) is 2.15. The van der Waals surface area contributed by atoms with Crippen LogP contribution in [0.25, 0.3) is 0 Å². The Morgan fingerprint density at radius 3 is 2.59 bits per heavy atom. The number of halogens is 2. The monoisotopic (exact) mass is 381 g/mol. The molecule has 1 heterocycles. The highest BCUT2D eigenvalue weighted by Gasteiger charge is 2.18. The molecule has 1 unspecified atom stereocenters. The summed E-state index contributed by atoms with van der Waals surface area (Å²) in [4.78, 5) is 12.8. The van der Waals surface area contributed by atoms with Crippen molar-refractivity contribution in [3.05, 3.63) is 20.3 Å². The molecule has 0 saturated heterocycles. The molecule has 1 atom stereocenters. The van der Waals surface area contributed by atoms with E-state index in [1.807, 2.05) is 13.0 Å². The van der Waals surface area contributed by atoms with Crippen LogP contribution in [0.1, 0.15) is 35.5 Å². The van der Waals surface area contributed by atoms with Gasteiger partial charge in [-0.25, -0.2) is 0 Å². The number of nitrogens with one attached hydrogen (secondary N) is 1. The SMILES string of the molecule is Cc1cc(C(=O)NC(CCBr)C(C)C)sc1Br. The number of carbonyl (C=O) groups excluding carboxylic acids is 1. The lowest BCUT2D eigenvalue weighted by Gasteiger charge is -2.21. The largest absolute Gasteiger partial charge is 0.348 e. The van der Waals surface area contributed by atoms with Crippen molar-refractivity contribution in [2.24, 2.45) is 5.92 Å². The van der Waals surface area contributed by atoms with Gasteiger partial charge in [0.05, 0.1) is 8.66 Å². The molecule has 0 fully saturated rings. The quantitative estimate of drug-likeness (QED) is 0.753. The summed E-state index contributed by atoms with van der Waals surface area (Å²) in [6.07, 6.45) is 0.953. The lowest BCUT2D eigenvalue weighted by atomic mass is 10.0. The minimum atomic E-state index is 0.0310. The van der Waals surface area contributed by atoms with Gasteiger partial charge in [-0.2, -0.15) is 0 Å². The van der Waals surface area contributed by atoms with E-state index in [0.29, 0.717) is 5.92 Å². The second-order valence-electron chi connectivity index (χ2n) is 4.37. The van der Waals surface area contributed by atoms with E-state index in [0.717, 1.165) is 26.0 Å². The van der Waals surface area contributed by atoms with Crippen molar-refractivity contribution in [3.63, 3.8) is 0 Å². The predicted molar refractivity (Wildman–Crippen MR) is 81.3 cm³/mol. The maximum absolute atomic E-state index is 12.1. The summed E-state index contributed by atoms with van der Waals surface area (Å²) in [5.41, 5.74) is 1.11. The smallest absolute Gasteiger partial charge is 0.261 e. The molecule has 1 rings (SSSR count). The molecule has 0 radical (unpaired) electrons. The minimum Gasteiger partial charge on any atom is -0.348 e. The fourth-order valence-electron chi connectivity index (χ4n) is 1.50. The first-order valence-corrected chi connectivity index (χ1v) is 8.31. The number of rotatable bonds is 5. The minimum absolute atomic E-state index is 0.0310. The Hall–Kier alpha value is 0.130. The van der Waals surface area contributed by atoms with Gasteiger partial charge >= 0.3 is 0 Å². The van der Waals surface area contributed by atoms with Crippen LogP contribution in [0, 0.1) is 12.8 Å². The Morgan fingerprint density at radius 2 is 2.18 bits per heavy atom. The number of hydrogen-bond acceptors (Lipinski definition) is 2. The molecule has 0 spiro atoms. The zero-order valence-electron chi connectivity index (χ0n) is 10.2. The van der Waals surface area contributed by atoms with Gasteiger partial charge in [0.2, 0.25) is 0 Å². The van der Waals surface area contributed by atoms with Gasteiger partial charge in [0, 0.05) is 11.4 Å². The Morgan fingerprint density at radius 1 is 1.53 bits per heavy atom. The van der Waals surface area contributed by atoms with Crippen LogP contribution in [0.4, 0.5) is 0 Å². The molecule has 2 nitrogen and oxygen atoms in total. The third-order valence-electron chi connectivity index (χ3n) is 2.62. The first kappa shape index (κ1) is 15.2. The molecule has 0 aliphatic rings. The highest BCUT2D eigenvalue weighted by atomic mass is 79.9. The van der Waals surface area contributed by atoms with E-state index in [1.54, 1.807) is 0 Å². The van der Waals surface area contributed by atoms with Gasteiger partial charge in [0.25, 0.3) is 5.91 Å². The average molecular weight is 383 g/mol. The molecule has 1 N–H and O–H groups in total. The van der Waals surface area contributed by atoms with Crippen molar-refractivity contribution < 1.29 is 4.79 Å². The zero-order chi connectivity index (χ0) is 13.0. The Kier molecular flexibility index (Phi) is 6.17. The van der Waals surface area contributed by atoms with Crippen molar-refractivity contribution in [3.8, 4) is 0 Å². The summed E-state index contributed by atoms with van der Waals surface area (Å²) >= 11 is 8.35. The first-order valence-electron chi connectivity index (χ1n) is 5.58. The van der Waals surface area contributed by atoms with E-state index in [-0.39, 0.29) is 11.9 Å². The van der Waals surface area contributed by atoms with Crippen LogP contribution in [0.2, 0.25) is 0 Å². The first-order chi connectivity index (χ1) is 7.95. The zero-order valence-corrected chi connectivity index (χ0v) is 14.2. The van der Waals surface area contributed by atoms with Crippen LogP contribution in [0.3, 0.4) is 0 Å². The number of carbonyl (C=O) groups is 1. The van der Waals surface area contributed by atoms with Crippen molar-refractivity contribution >= 4 is 49.1 Å². The molecule has 96 valence electrons. The van der Waals surface area contributed by atoms with E-state index in [9.17, 15) is 4.79 Å². The van der Waals surface area contributed by atoms with Gasteiger partial charge in [0.1, 0.15) is 0 Å². The summed E-state index contributed by atoms with van der Waals surface area (Å²) in [5.74, 6) is 0.476. The van der Waals surface area contributed by atoms with E-state index >= 15 is 0 Å². The van der Waals surface area contributed by atoms with Crippen molar-refractivity contribution in [2.75, 3.05) is 5.33 Å². The second kappa shape index (κ2) is 6.90.